The second-order valence-corrected chi connectivity index (χ2v) is 19.6. The molecule has 0 bridgehead atoms. The molecule has 0 saturated carbocycles. The van der Waals surface area contributed by atoms with Crippen molar-refractivity contribution >= 4 is 11.9 Å². The fraction of sp³-hybridized carbons (Fsp3) is 0.897. The van der Waals surface area contributed by atoms with Gasteiger partial charge < -0.3 is 20.3 Å². The Morgan fingerprint density at radius 3 is 1.12 bits per heavy atom. The Bertz CT molecular complexity index is 997. The number of ether oxygens (including phenoxy) is 1. The molecule has 0 aromatic rings. The SMILES string of the molecule is CCCCCC/C=C\CCCCCCCC(=O)OCCCCCCCCCCCCCCCC(=O)NC(CO)C(O)/C=C/CCCCCCCCCCCCCCCCCCCCC. The number of hydrogen-bond donors (Lipinski definition) is 3. The first kappa shape index (κ1) is 62.3. The fourth-order valence-electron chi connectivity index (χ4n) is 8.81. The van der Waals surface area contributed by atoms with Crippen molar-refractivity contribution in [3.05, 3.63) is 24.3 Å². The zero-order chi connectivity index (χ0) is 46.5. The first-order valence-electron chi connectivity index (χ1n) is 28.6. The molecule has 6 nitrogen and oxygen atoms in total. The summed E-state index contributed by atoms with van der Waals surface area (Å²) in [4.78, 5) is 24.5. The summed E-state index contributed by atoms with van der Waals surface area (Å²) in [5.74, 6) is -0.0944. The Morgan fingerprint density at radius 2 is 0.734 bits per heavy atom. The second kappa shape index (κ2) is 54.0. The van der Waals surface area contributed by atoms with E-state index in [0.717, 1.165) is 57.8 Å². The van der Waals surface area contributed by atoms with Gasteiger partial charge >= 0.3 is 5.97 Å². The zero-order valence-electron chi connectivity index (χ0n) is 43.0. The van der Waals surface area contributed by atoms with Crippen LogP contribution in [0.4, 0.5) is 0 Å². The first-order chi connectivity index (χ1) is 31.5. The molecule has 3 N–H and O–H groups in total. The molecule has 2 atom stereocenters. The molecule has 6 heteroatoms. The molecule has 1 amide bonds. The van der Waals surface area contributed by atoms with Crippen LogP contribution in [0.5, 0.6) is 0 Å². The van der Waals surface area contributed by atoms with Crippen LogP contribution in [0.1, 0.15) is 309 Å². The lowest BCUT2D eigenvalue weighted by Crippen LogP contribution is -2.45. The van der Waals surface area contributed by atoms with Crippen molar-refractivity contribution in [2.24, 2.45) is 0 Å². The van der Waals surface area contributed by atoms with Gasteiger partial charge in [0.15, 0.2) is 0 Å². The van der Waals surface area contributed by atoms with E-state index >= 15 is 0 Å². The van der Waals surface area contributed by atoms with Crippen molar-refractivity contribution in [3.63, 3.8) is 0 Å². The average molecular weight is 903 g/mol. The minimum atomic E-state index is -0.854. The number of esters is 1. The molecule has 0 aromatic heterocycles. The molecule has 0 saturated heterocycles. The van der Waals surface area contributed by atoms with E-state index in [4.69, 9.17) is 4.74 Å². The Labute approximate surface area is 399 Å². The number of nitrogens with one attached hydrogen (secondary N) is 1. The summed E-state index contributed by atoms with van der Waals surface area (Å²) >= 11 is 0. The van der Waals surface area contributed by atoms with E-state index in [0.29, 0.717) is 19.4 Å². The van der Waals surface area contributed by atoms with Crippen molar-refractivity contribution in [1.82, 2.24) is 5.32 Å². The molecule has 64 heavy (non-hydrogen) atoms. The van der Waals surface area contributed by atoms with Crippen molar-refractivity contribution in [1.29, 1.82) is 0 Å². The van der Waals surface area contributed by atoms with Crippen LogP contribution >= 0.6 is 0 Å². The molecule has 0 fully saturated rings. The Morgan fingerprint density at radius 1 is 0.422 bits per heavy atom. The maximum Gasteiger partial charge on any atom is 0.305 e. The lowest BCUT2D eigenvalue weighted by Gasteiger charge is -2.20. The standard InChI is InChI=1S/C58H111NO5/c1-3-5-7-9-11-13-15-17-18-19-20-21-22-23-24-27-30-34-38-42-46-50-56(61)55(54-60)59-57(62)51-47-43-39-35-31-28-25-29-33-37-41-45-49-53-64-58(63)52-48-44-40-36-32-26-16-14-12-10-8-6-4-2/h14,16,46,50,55-56,60-61H,3-13,15,17-45,47-49,51-54H2,1-2H3,(H,59,62)/b16-14-,50-46+. The summed E-state index contributed by atoms with van der Waals surface area (Å²) in [5, 5.41) is 23.2. The quantitative estimate of drug-likeness (QED) is 0.0321. The Kier molecular flexibility index (Phi) is 52.6. The normalized spacial score (nSPS) is 12.8. The number of aliphatic hydroxyl groups is 2. The number of carbonyl (C=O) groups excluding carboxylic acids is 2. The van der Waals surface area contributed by atoms with E-state index in [2.05, 4.69) is 31.3 Å². The van der Waals surface area contributed by atoms with E-state index in [1.807, 2.05) is 6.08 Å². The minimum Gasteiger partial charge on any atom is -0.466 e. The molecule has 0 aliphatic rings. The smallest absolute Gasteiger partial charge is 0.305 e. The van der Waals surface area contributed by atoms with E-state index in [1.54, 1.807) is 6.08 Å². The molecule has 0 spiro atoms. The van der Waals surface area contributed by atoms with Gasteiger partial charge in [-0.15, -0.1) is 0 Å². The maximum absolute atomic E-state index is 12.5. The van der Waals surface area contributed by atoms with Crippen molar-refractivity contribution in [2.75, 3.05) is 13.2 Å². The largest absolute Gasteiger partial charge is 0.466 e. The molecule has 378 valence electrons. The number of amides is 1. The van der Waals surface area contributed by atoms with Crippen molar-refractivity contribution in [2.45, 2.75) is 321 Å². The second-order valence-electron chi connectivity index (χ2n) is 19.6. The number of unbranched alkanes of at least 4 members (excludes halogenated alkanes) is 40. The Balaban J connectivity index is 3.49. The van der Waals surface area contributed by atoms with E-state index < -0.39 is 12.1 Å². The molecular formula is C58H111NO5. The van der Waals surface area contributed by atoms with Crippen LogP contribution in [0.15, 0.2) is 24.3 Å². The number of rotatable bonds is 53. The van der Waals surface area contributed by atoms with Gasteiger partial charge in [-0.05, 0) is 57.8 Å². The van der Waals surface area contributed by atoms with Gasteiger partial charge in [-0.2, -0.15) is 0 Å². The van der Waals surface area contributed by atoms with Gasteiger partial charge in [-0.25, -0.2) is 0 Å². The zero-order valence-corrected chi connectivity index (χ0v) is 43.0. The van der Waals surface area contributed by atoms with Crippen LogP contribution in [0, 0.1) is 0 Å². The van der Waals surface area contributed by atoms with Crippen LogP contribution in [0.3, 0.4) is 0 Å². The molecular weight excluding hydrogens is 791 g/mol. The summed E-state index contributed by atoms with van der Waals surface area (Å²) in [7, 11) is 0. The maximum atomic E-state index is 12.5. The number of aliphatic hydroxyl groups excluding tert-OH is 2. The van der Waals surface area contributed by atoms with E-state index in [1.165, 1.54) is 225 Å². The molecule has 0 radical (unpaired) electrons. The van der Waals surface area contributed by atoms with Gasteiger partial charge in [0.2, 0.25) is 5.91 Å². The molecule has 0 rings (SSSR count). The predicted octanol–water partition coefficient (Wildman–Crippen LogP) is 17.5. The third kappa shape index (κ3) is 49.8. The van der Waals surface area contributed by atoms with Gasteiger partial charge in [-0.1, -0.05) is 263 Å². The van der Waals surface area contributed by atoms with E-state index in [9.17, 15) is 19.8 Å². The number of allylic oxidation sites excluding steroid dienone is 3. The predicted molar refractivity (Wildman–Crippen MR) is 278 cm³/mol. The number of hydrogen-bond acceptors (Lipinski definition) is 5. The van der Waals surface area contributed by atoms with Gasteiger partial charge in [0.25, 0.3) is 0 Å². The highest BCUT2D eigenvalue weighted by molar-refractivity contribution is 5.76. The molecule has 2 unspecified atom stereocenters. The summed E-state index contributed by atoms with van der Waals surface area (Å²) < 4.78 is 5.46. The van der Waals surface area contributed by atoms with E-state index in [-0.39, 0.29) is 18.5 Å². The van der Waals surface area contributed by atoms with Gasteiger partial charge in [0.1, 0.15) is 0 Å². The van der Waals surface area contributed by atoms with Crippen molar-refractivity contribution < 1.29 is 24.5 Å². The first-order valence-corrected chi connectivity index (χ1v) is 28.6. The van der Waals surface area contributed by atoms with Gasteiger partial charge in [0.05, 0.1) is 25.4 Å². The highest BCUT2D eigenvalue weighted by Crippen LogP contribution is 2.17. The molecule has 0 aromatic carbocycles. The summed E-state index contributed by atoms with van der Waals surface area (Å²) in [5.41, 5.74) is 0. The summed E-state index contributed by atoms with van der Waals surface area (Å²) in [6, 6.07) is -0.638. The minimum absolute atomic E-state index is 0.0157. The third-order valence-electron chi connectivity index (χ3n) is 13.2. The highest BCUT2D eigenvalue weighted by Gasteiger charge is 2.18. The third-order valence-corrected chi connectivity index (χ3v) is 13.2. The molecule has 0 aliphatic carbocycles. The highest BCUT2D eigenvalue weighted by atomic mass is 16.5. The monoisotopic (exact) mass is 902 g/mol. The lowest BCUT2D eigenvalue weighted by molar-refractivity contribution is -0.143. The van der Waals surface area contributed by atoms with Crippen LogP contribution < -0.4 is 5.32 Å². The molecule has 0 aliphatic heterocycles. The van der Waals surface area contributed by atoms with Crippen LogP contribution in [-0.4, -0.2) is 47.4 Å². The Hall–Kier alpha value is -1.66. The van der Waals surface area contributed by atoms with Gasteiger partial charge in [0, 0.05) is 12.8 Å². The lowest BCUT2D eigenvalue weighted by atomic mass is 10.0. The number of carbonyl (C=O) groups is 2. The van der Waals surface area contributed by atoms with Crippen LogP contribution in [0.2, 0.25) is 0 Å². The van der Waals surface area contributed by atoms with Crippen LogP contribution in [0.25, 0.3) is 0 Å². The summed E-state index contributed by atoms with van der Waals surface area (Å²) in [6.07, 6.45) is 64.8. The summed E-state index contributed by atoms with van der Waals surface area (Å²) in [6.45, 7) is 4.87. The van der Waals surface area contributed by atoms with Crippen molar-refractivity contribution in [3.8, 4) is 0 Å². The average Bonchev–Trinajstić information content (AvgIpc) is 3.29. The van der Waals surface area contributed by atoms with Gasteiger partial charge in [-0.3, -0.25) is 9.59 Å². The fourth-order valence-corrected chi connectivity index (χ4v) is 8.81. The molecule has 0 heterocycles. The van der Waals surface area contributed by atoms with Crippen LogP contribution in [-0.2, 0) is 14.3 Å². The topological polar surface area (TPSA) is 95.9 Å².